The number of halogens is 1. The van der Waals surface area contributed by atoms with Gasteiger partial charge in [0.25, 0.3) is 0 Å². The Morgan fingerprint density at radius 2 is 2.50 bits per heavy atom. The van der Waals surface area contributed by atoms with Gasteiger partial charge >= 0.3 is 47.4 Å². The Labute approximate surface area is 48.0 Å². The molecule has 0 unspecified atom stereocenters. The van der Waals surface area contributed by atoms with E-state index in [2.05, 4.69) is 31.7 Å². The van der Waals surface area contributed by atoms with Crippen molar-refractivity contribution in [2.24, 2.45) is 0 Å². The Bertz CT molecular complexity index is 71.9. The van der Waals surface area contributed by atoms with Gasteiger partial charge in [0.15, 0.2) is 0 Å². The van der Waals surface area contributed by atoms with E-state index >= 15 is 0 Å². The van der Waals surface area contributed by atoms with Crippen LogP contribution in [0.15, 0.2) is 0 Å². The van der Waals surface area contributed by atoms with Crippen molar-refractivity contribution in [2.45, 2.75) is 0 Å². The van der Waals surface area contributed by atoms with Gasteiger partial charge in [-0.05, 0) is 0 Å². The van der Waals surface area contributed by atoms with Crippen molar-refractivity contribution < 1.29 is 24.7 Å². The number of carbonyl (C=O) groups is 1. The molecule has 0 N–H and O–H groups in total. The SMILES string of the molecule is O=C([CH]=[Fe])OCl. The second kappa shape index (κ2) is 3.34. The van der Waals surface area contributed by atoms with Crippen molar-refractivity contribution in [3.63, 3.8) is 0 Å². The third kappa shape index (κ3) is 2.39. The van der Waals surface area contributed by atoms with Crippen molar-refractivity contribution >= 4 is 22.8 Å². The molecule has 4 heteroatoms. The zero-order valence-electron chi connectivity index (χ0n) is 2.63. The molecule has 0 aromatic carbocycles. The first-order valence-corrected chi connectivity index (χ1v) is 2.00. The van der Waals surface area contributed by atoms with E-state index in [-0.39, 0.29) is 0 Å². The first kappa shape index (κ1) is 6.15. The van der Waals surface area contributed by atoms with Crippen LogP contribution in [0.4, 0.5) is 0 Å². The van der Waals surface area contributed by atoms with Gasteiger partial charge in [0.05, 0.1) is 0 Å². The molecule has 2 nitrogen and oxygen atoms in total. The third-order valence-corrected chi connectivity index (χ3v) is 0.572. The van der Waals surface area contributed by atoms with Crippen LogP contribution >= 0.6 is 11.9 Å². The maximum absolute atomic E-state index is 9.71. The predicted octanol–water partition coefficient (Wildman–Crippen LogP) is 0.0324. The van der Waals surface area contributed by atoms with Gasteiger partial charge in [0.1, 0.15) is 0 Å². The molecule has 0 rings (SSSR count). The molecule has 0 saturated heterocycles. The third-order valence-electron chi connectivity index (χ3n) is 0.159. The van der Waals surface area contributed by atoms with Crippen LogP contribution in [0, 0.1) is 0 Å². The molecule has 36 valence electrons. The topological polar surface area (TPSA) is 26.3 Å². The minimum absolute atomic E-state index is 0.628. The fourth-order valence-corrected chi connectivity index (χ4v) is 0.195. The van der Waals surface area contributed by atoms with E-state index in [4.69, 9.17) is 0 Å². The van der Waals surface area contributed by atoms with E-state index in [9.17, 15) is 4.79 Å². The van der Waals surface area contributed by atoms with E-state index < -0.39 is 5.97 Å². The first-order chi connectivity index (χ1) is 2.81. The summed E-state index contributed by atoms with van der Waals surface area (Å²) < 4.78 is 3.61. The van der Waals surface area contributed by atoms with Crippen molar-refractivity contribution in [3.05, 3.63) is 0 Å². The van der Waals surface area contributed by atoms with E-state index in [1.54, 1.807) is 0 Å². The van der Waals surface area contributed by atoms with Gasteiger partial charge in [-0.1, -0.05) is 0 Å². The summed E-state index contributed by atoms with van der Waals surface area (Å²) in [5, 5.41) is 0. The van der Waals surface area contributed by atoms with Crippen LogP contribution in [0.5, 0.6) is 0 Å². The van der Waals surface area contributed by atoms with Gasteiger partial charge in [-0.15, -0.1) is 0 Å². The molecule has 0 aromatic rings. The van der Waals surface area contributed by atoms with E-state index in [0.29, 0.717) is 0 Å². The number of carbonyl (C=O) groups excluding carboxylic acids is 1. The van der Waals surface area contributed by atoms with Crippen LogP contribution in [0.25, 0.3) is 0 Å². The summed E-state index contributed by atoms with van der Waals surface area (Å²) in [4.78, 5) is 10.7. The molecule has 6 heavy (non-hydrogen) atoms. The molecule has 0 spiro atoms. The molecule has 0 radical (unpaired) electrons. The Kier molecular flexibility index (Phi) is 3.43. The van der Waals surface area contributed by atoms with E-state index in [1.807, 2.05) is 0 Å². The second-order valence-corrected chi connectivity index (χ2v) is 0.971. The molecule has 0 bridgehead atoms. The molecule has 0 aliphatic rings. The Balaban J connectivity index is 3.23. The molecule has 0 aliphatic carbocycles. The fourth-order valence-electron chi connectivity index (χ4n) is 0.0157. The van der Waals surface area contributed by atoms with Crippen LogP contribution < -0.4 is 0 Å². The summed E-state index contributed by atoms with van der Waals surface area (Å²) in [6.45, 7) is 0. The molecule has 0 saturated carbocycles. The minimum atomic E-state index is -0.628. The number of rotatable bonds is 1. The molecular formula is C2HClFeO2. The predicted molar refractivity (Wildman–Crippen MR) is 18.0 cm³/mol. The molecule has 0 aromatic heterocycles. The summed E-state index contributed by atoms with van der Waals surface area (Å²) in [6.07, 6.45) is 0. The van der Waals surface area contributed by atoms with Gasteiger partial charge in [0, 0.05) is 0 Å². The summed E-state index contributed by atoms with van der Waals surface area (Å²) in [7, 11) is 0. The molecule has 0 aliphatic heterocycles. The summed E-state index contributed by atoms with van der Waals surface area (Å²) >= 11 is 7.60. The summed E-state index contributed by atoms with van der Waals surface area (Å²) in [5.74, 6) is -0.628. The number of hydrogen-bond acceptors (Lipinski definition) is 2. The maximum atomic E-state index is 9.71. The van der Waals surface area contributed by atoms with E-state index in [0.717, 1.165) is 4.92 Å². The normalized spacial score (nSPS) is 7.00. The molecule has 0 fully saturated rings. The van der Waals surface area contributed by atoms with Crippen molar-refractivity contribution in [3.8, 4) is 0 Å². The molecule has 0 atom stereocenters. The zero-order valence-corrected chi connectivity index (χ0v) is 4.49. The molecular weight excluding hydrogens is 147 g/mol. The van der Waals surface area contributed by atoms with Crippen molar-refractivity contribution in [2.75, 3.05) is 0 Å². The average Bonchev–Trinajstić information content (AvgIpc) is 1.65. The van der Waals surface area contributed by atoms with Gasteiger partial charge in [-0.3, -0.25) is 0 Å². The monoisotopic (exact) mass is 148 g/mol. The number of hydrogen-bond donors (Lipinski definition) is 0. The summed E-state index contributed by atoms with van der Waals surface area (Å²) in [5.41, 5.74) is 0. The Morgan fingerprint density at radius 3 is 2.50 bits per heavy atom. The standard InChI is InChI=1S/C2HClO2.Fe/c1-2(4)5-3;/h1H;. The van der Waals surface area contributed by atoms with Gasteiger partial charge in [0.2, 0.25) is 0 Å². The van der Waals surface area contributed by atoms with Gasteiger partial charge in [-0.2, -0.15) is 0 Å². The van der Waals surface area contributed by atoms with Crippen LogP contribution in [0.2, 0.25) is 0 Å². The van der Waals surface area contributed by atoms with Crippen molar-refractivity contribution in [1.29, 1.82) is 0 Å². The summed E-state index contributed by atoms with van der Waals surface area (Å²) in [6, 6.07) is 0. The molecule has 0 amide bonds. The fraction of sp³-hybridized carbons (Fsp3) is 0. The Hall–Kier alpha value is 0.149. The van der Waals surface area contributed by atoms with Crippen LogP contribution in [-0.4, -0.2) is 10.9 Å². The first-order valence-electron chi connectivity index (χ1n) is 1.06. The van der Waals surface area contributed by atoms with Crippen molar-refractivity contribution in [1.82, 2.24) is 0 Å². The van der Waals surface area contributed by atoms with Gasteiger partial charge in [-0.25, -0.2) is 0 Å². The molecule has 0 heterocycles. The van der Waals surface area contributed by atoms with Crippen LogP contribution in [-0.2, 0) is 24.7 Å². The Morgan fingerprint density at radius 1 is 2.00 bits per heavy atom. The zero-order chi connectivity index (χ0) is 4.99. The second-order valence-electron chi connectivity index (χ2n) is 0.498. The quantitative estimate of drug-likeness (QED) is 0.491. The van der Waals surface area contributed by atoms with E-state index in [1.165, 1.54) is 0 Å². The van der Waals surface area contributed by atoms with Crippen LogP contribution in [0.1, 0.15) is 0 Å². The average molecular weight is 148 g/mol. The van der Waals surface area contributed by atoms with Crippen LogP contribution in [0.3, 0.4) is 0 Å². The van der Waals surface area contributed by atoms with Gasteiger partial charge < -0.3 is 0 Å².